The van der Waals surface area contributed by atoms with Crippen LogP contribution in [0.5, 0.6) is 0 Å². The van der Waals surface area contributed by atoms with Crippen molar-refractivity contribution in [3.8, 4) is 0 Å². The monoisotopic (exact) mass is 194 g/mol. The van der Waals surface area contributed by atoms with Gasteiger partial charge in [0.2, 0.25) is 5.91 Å². The Labute approximate surface area is 83.3 Å². The molecule has 0 spiro atoms. The summed E-state index contributed by atoms with van der Waals surface area (Å²) in [4.78, 5) is 11.2. The lowest BCUT2D eigenvalue weighted by Gasteiger charge is -2.06. The van der Waals surface area contributed by atoms with Gasteiger partial charge in [0.25, 0.3) is 0 Å². The zero-order valence-corrected chi connectivity index (χ0v) is 8.33. The highest BCUT2D eigenvalue weighted by atomic mass is 16.5. The molecule has 4 heteroatoms. The molecular weight excluding hydrogens is 180 g/mol. The molecule has 0 atom stereocenters. The van der Waals surface area contributed by atoms with Crippen LogP contribution in [0.15, 0.2) is 24.3 Å². The molecule has 0 aliphatic rings. The van der Waals surface area contributed by atoms with E-state index in [0.717, 1.165) is 11.4 Å². The molecular formula is C10H14N2O2. The minimum Gasteiger partial charge on any atom is -0.388 e. The number of anilines is 2. The predicted octanol–water partition coefficient (Wildman–Crippen LogP) is 1.31. The fourth-order valence-electron chi connectivity index (χ4n) is 1.08. The summed E-state index contributed by atoms with van der Waals surface area (Å²) in [5.41, 5.74) is 1.72. The molecule has 76 valence electrons. The van der Waals surface area contributed by atoms with Gasteiger partial charge >= 0.3 is 0 Å². The van der Waals surface area contributed by atoms with E-state index in [2.05, 4.69) is 10.6 Å². The number of methoxy groups -OCH3 is 1. The fourth-order valence-corrected chi connectivity index (χ4v) is 1.08. The van der Waals surface area contributed by atoms with Gasteiger partial charge in [-0.05, 0) is 18.2 Å². The maximum Gasteiger partial charge on any atom is 0.250 e. The average Bonchev–Trinajstić information content (AvgIpc) is 2.18. The highest BCUT2D eigenvalue weighted by molar-refractivity contribution is 5.92. The Hall–Kier alpha value is -1.55. The highest BCUT2D eigenvalue weighted by Gasteiger charge is 2.00. The number of nitrogens with one attached hydrogen (secondary N) is 2. The Kier molecular flexibility index (Phi) is 3.94. The maximum absolute atomic E-state index is 11.2. The summed E-state index contributed by atoms with van der Waals surface area (Å²) in [6, 6.07) is 7.47. The summed E-state index contributed by atoms with van der Waals surface area (Å²) in [5.74, 6) is -0.152. The molecule has 14 heavy (non-hydrogen) atoms. The minimum absolute atomic E-state index is 0.0732. The topological polar surface area (TPSA) is 50.4 Å². The molecule has 0 unspecified atom stereocenters. The number of hydrogen-bond donors (Lipinski definition) is 2. The van der Waals surface area contributed by atoms with Gasteiger partial charge in [-0.1, -0.05) is 6.07 Å². The van der Waals surface area contributed by atoms with Gasteiger partial charge in [-0.15, -0.1) is 0 Å². The van der Waals surface area contributed by atoms with E-state index >= 15 is 0 Å². The number of hydrogen-bond acceptors (Lipinski definition) is 3. The van der Waals surface area contributed by atoms with E-state index < -0.39 is 0 Å². The van der Waals surface area contributed by atoms with Crippen LogP contribution >= 0.6 is 0 Å². The molecule has 0 aliphatic heterocycles. The molecule has 1 aromatic rings. The van der Waals surface area contributed by atoms with Crippen molar-refractivity contribution in [2.24, 2.45) is 0 Å². The van der Waals surface area contributed by atoms with Crippen LogP contribution in [0.2, 0.25) is 0 Å². The number of ether oxygens (including phenoxy) is 1. The standard InChI is InChI=1S/C10H14N2O2/c1-11-8-4-3-5-9(6-8)12-10(13)7-14-2/h3-6,11H,7H2,1-2H3,(H,12,13). The third kappa shape index (κ3) is 3.06. The molecule has 0 saturated carbocycles. The molecule has 0 saturated heterocycles. The summed E-state index contributed by atoms with van der Waals surface area (Å²) in [6.07, 6.45) is 0. The van der Waals surface area contributed by atoms with Crippen LogP contribution in [0.25, 0.3) is 0 Å². The van der Waals surface area contributed by atoms with E-state index in [0.29, 0.717) is 0 Å². The van der Waals surface area contributed by atoms with Crippen LogP contribution in [0.1, 0.15) is 0 Å². The normalized spacial score (nSPS) is 9.57. The van der Waals surface area contributed by atoms with Crippen LogP contribution in [0, 0.1) is 0 Å². The molecule has 0 aliphatic carbocycles. The first kappa shape index (κ1) is 10.5. The van der Waals surface area contributed by atoms with Crippen LogP contribution in [-0.2, 0) is 9.53 Å². The number of carbonyl (C=O) groups excluding carboxylic acids is 1. The fraction of sp³-hybridized carbons (Fsp3) is 0.300. The second-order valence-electron chi connectivity index (χ2n) is 2.81. The lowest BCUT2D eigenvalue weighted by molar-refractivity contribution is -0.119. The number of carbonyl (C=O) groups is 1. The molecule has 1 aromatic carbocycles. The van der Waals surface area contributed by atoms with Crippen LogP contribution in [0.4, 0.5) is 11.4 Å². The molecule has 0 fully saturated rings. The van der Waals surface area contributed by atoms with Crippen LogP contribution < -0.4 is 10.6 Å². The first-order chi connectivity index (χ1) is 6.76. The summed E-state index contributed by atoms with van der Waals surface area (Å²) in [5, 5.41) is 5.70. The van der Waals surface area contributed by atoms with E-state index in [-0.39, 0.29) is 12.5 Å². The van der Waals surface area contributed by atoms with Gasteiger partial charge < -0.3 is 15.4 Å². The van der Waals surface area contributed by atoms with E-state index in [1.54, 1.807) is 0 Å². The van der Waals surface area contributed by atoms with Gasteiger partial charge in [0.1, 0.15) is 6.61 Å². The SMILES string of the molecule is CNc1cccc(NC(=O)COC)c1. The van der Waals surface area contributed by atoms with E-state index in [1.807, 2.05) is 31.3 Å². The number of rotatable bonds is 4. The van der Waals surface area contributed by atoms with Crippen LogP contribution in [-0.4, -0.2) is 26.7 Å². The molecule has 0 aromatic heterocycles. The van der Waals surface area contributed by atoms with Crippen molar-refractivity contribution in [2.75, 3.05) is 31.4 Å². The van der Waals surface area contributed by atoms with Crippen molar-refractivity contribution in [1.29, 1.82) is 0 Å². The first-order valence-corrected chi connectivity index (χ1v) is 4.33. The van der Waals surface area contributed by atoms with Crippen molar-refractivity contribution in [3.05, 3.63) is 24.3 Å². The van der Waals surface area contributed by atoms with Gasteiger partial charge in [0.15, 0.2) is 0 Å². The smallest absolute Gasteiger partial charge is 0.250 e. The third-order valence-electron chi connectivity index (χ3n) is 1.71. The summed E-state index contributed by atoms with van der Waals surface area (Å²) in [6.45, 7) is 0.0732. The molecule has 0 radical (unpaired) electrons. The Morgan fingerprint density at radius 3 is 2.79 bits per heavy atom. The molecule has 0 bridgehead atoms. The lowest BCUT2D eigenvalue weighted by atomic mass is 10.3. The molecule has 2 N–H and O–H groups in total. The quantitative estimate of drug-likeness (QED) is 0.759. The lowest BCUT2D eigenvalue weighted by Crippen LogP contribution is -2.17. The van der Waals surface area contributed by atoms with Gasteiger partial charge in [-0.25, -0.2) is 0 Å². The summed E-state index contributed by atoms with van der Waals surface area (Å²) in [7, 11) is 3.32. The second kappa shape index (κ2) is 5.24. The van der Waals surface area contributed by atoms with Gasteiger partial charge in [-0.2, -0.15) is 0 Å². The Morgan fingerprint density at radius 2 is 2.14 bits per heavy atom. The molecule has 4 nitrogen and oxygen atoms in total. The van der Waals surface area contributed by atoms with E-state index in [4.69, 9.17) is 4.74 Å². The maximum atomic E-state index is 11.2. The summed E-state index contributed by atoms with van der Waals surface area (Å²) < 4.78 is 4.70. The second-order valence-corrected chi connectivity index (χ2v) is 2.81. The van der Waals surface area contributed by atoms with E-state index in [1.165, 1.54) is 7.11 Å². The zero-order chi connectivity index (χ0) is 10.4. The Bertz CT molecular complexity index is 313. The Morgan fingerprint density at radius 1 is 1.43 bits per heavy atom. The van der Waals surface area contributed by atoms with Gasteiger partial charge in [0, 0.05) is 25.5 Å². The molecule has 1 amide bonds. The van der Waals surface area contributed by atoms with Gasteiger partial charge in [-0.3, -0.25) is 4.79 Å². The highest BCUT2D eigenvalue weighted by Crippen LogP contribution is 2.13. The minimum atomic E-state index is -0.152. The Balaban J connectivity index is 2.62. The van der Waals surface area contributed by atoms with Crippen LogP contribution in [0.3, 0.4) is 0 Å². The van der Waals surface area contributed by atoms with Crippen molar-refractivity contribution in [1.82, 2.24) is 0 Å². The predicted molar refractivity (Wildman–Crippen MR) is 56.5 cm³/mol. The molecule has 0 heterocycles. The zero-order valence-electron chi connectivity index (χ0n) is 8.33. The van der Waals surface area contributed by atoms with E-state index in [9.17, 15) is 4.79 Å². The van der Waals surface area contributed by atoms with Gasteiger partial charge in [0.05, 0.1) is 0 Å². The number of amides is 1. The van der Waals surface area contributed by atoms with Crippen molar-refractivity contribution in [3.63, 3.8) is 0 Å². The summed E-state index contributed by atoms with van der Waals surface area (Å²) >= 11 is 0. The van der Waals surface area contributed by atoms with Crippen molar-refractivity contribution < 1.29 is 9.53 Å². The third-order valence-corrected chi connectivity index (χ3v) is 1.71. The average molecular weight is 194 g/mol. The van der Waals surface area contributed by atoms with Crippen molar-refractivity contribution >= 4 is 17.3 Å². The largest absolute Gasteiger partial charge is 0.388 e. The molecule has 1 rings (SSSR count). The first-order valence-electron chi connectivity index (χ1n) is 4.33. The van der Waals surface area contributed by atoms with Crippen molar-refractivity contribution in [2.45, 2.75) is 0 Å². The number of benzene rings is 1.